The van der Waals surface area contributed by atoms with Gasteiger partial charge in [-0.2, -0.15) is 0 Å². The van der Waals surface area contributed by atoms with E-state index in [2.05, 4.69) is 10.3 Å². The lowest BCUT2D eigenvalue weighted by Crippen LogP contribution is -2.13. The number of hydrogen-bond donors (Lipinski definition) is 2. The monoisotopic (exact) mass is 282 g/mol. The average Bonchev–Trinajstić information content (AvgIpc) is 2.45. The second-order valence-electron chi connectivity index (χ2n) is 4.46. The van der Waals surface area contributed by atoms with Crippen LogP contribution in [0.15, 0.2) is 48.8 Å². The molecule has 0 saturated heterocycles. The molecule has 0 fully saturated rings. The first-order valence-corrected chi connectivity index (χ1v) is 6.29. The van der Waals surface area contributed by atoms with Crippen molar-refractivity contribution in [2.24, 2.45) is 0 Å². The van der Waals surface area contributed by atoms with Gasteiger partial charge in [-0.05, 0) is 36.8 Å². The number of aliphatic carboxylic acids is 1. The largest absolute Gasteiger partial charge is 0.478 e. The minimum Gasteiger partial charge on any atom is -0.478 e. The van der Waals surface area contributed by atoms with Crippen LogP contribution in [0.3, 0.4) is 0 Å². The minimum absolute atomic E-state index is 0.312. The van der Waals surface area contributed by atoms with Crippen molar-refractivity contribution in [2.45, 2.75) is 6.92 Å². The first kappa shape index (κ1) is 14.5. The maximum Gasteiger partial charge on any atom is 0.328 e. The SMILES string of the molecule is Cc1cccc(NC(=O)c2ccncc2C=CC(=O)O)c1. The van der Waals surface area contributed by atoms with Gasteiger partial charge in [-0.15, -0.1) is 0 Å². The van der Waals surface area contributed by atoms with Crippen LogP contribution in [0.1, 0.15) is 21.5 Å². The minimum atomic E-state index is -1.08. The molecule has 1 amide bonds. The van der Waals surface area contributed by atoms with Crippen molar-refractivity contribution >= 4 is 23.6 Å². The van der Waals surface area contributed by atoms with Crippen molar-refractivity contribution in [3.63, 3.8) is 0 Å². The van der Waals surface area contributed by atoms with Gasteiger partial charge in [0.25, 0.3) is 5.91 Å². The summed E-state index contributed by atoms with van der Waals surface area (Å²) in [5.74, 6) is -1.39. The van der Waals surface area contributed by atoms with Crippen molar-refractivity contribution in [2.75, 3.05) is 5.32 Å². The molecular formula is C16H14N2O3. The van der Waals surface area contributed by atoms with Gasteiger partial charge in [-0.3, -0.25) is 9.78 Å². The number of carboxylic acids is 1. The Morgan fingerprint density at radius 2 is 2.10 bits per heavy atom. The molecule has 0 unspecified atom stereocenters. The summed E-state index contributed by atoms with van der Waals surface area (Å²) in [6.45, 7) is 1.93. The van der Waals surface area contributed by atoms with Gasteiger partial charge in [-0.1, -0.05) is 12.1 Å². The Hall–Kier alpha value is -2.95. The van der Waals surface area contributed by atoms with Gasteiger partial charge < -0.3 is 10.4 Å². The Balaban J connectivity index is 2.25. The summed E-state index contributed by atoms with van der Waals surface area (Å²) in [5.41, 5.74) is 2.53. The van der Waals surface area contributed by atoms with Crippen LogP contribution in [0.2, 0.25) is 0 Å². The first-order chi connectivity index (χ1) is 10.1. The van der Waals surface area contributed by atoms with Crippen molar-refractivity contribution in [3.05, 3.63) is 65.5 Å². The summed E-state index contributed by atoms with van der Waals surface area (Å²) in [7, 11) is 0. The lowest BCUT2D eigenvalue weighted by Gasteiger charge is -2.08. The lowest BCUT2D eigenvalue weighted by molar-refractivity contribution is -0.131. The smallest absolute Gasteiger partial charge is 0.328 e. The number of amides is 1. The van der Waals surface area contributed by atoms with Crippen LogP contribution < -0.4 is 5.32 Å². The topological polar surface area (TPSA) is 79.3 Å². The molecule has 0 radical (unpaired) electrons. The maximum atomic E-state index is 12.3. The third-order valence-electron chi connectivity index (χ3n) is 2.78. The van der Waals surface area contributed by atoms with E-state index in [9.17, 15) is 9.59 Å². The molecule has 0 aliphatic heterocycles. The Morgan fingerprint density at radius 3 is 2.81 bits per heavy atom. The summed E-state index contributed by atoms with van der Waals surface area (Å²) in [6, 6.07) is 8.98. The van der Waals surface area contributed by atoms with Gasteiger partial charge >= 0.3 is 5.97 Å². The molecule has 0 spiro atoms. The molecule has 2 N–H and O–H groups in total. The molecule has 0 aliphatic carbocycles. The highest BCUT2D eigenvalue weighted by Gasteiger charge is 2.10. The number of hydrogen-bond acceptors (Lipinski definition) is 3. The van der Waals surface area contributed by atoms with Crippen LogP contribution >= 0.6 is 0 Å². The van der Waals surface area contributed by atoms with E-state index in [0.29, 0.717) is 16.8 Å². The van der Waals surface area contributed by atoms with Crippen LogP contribution in [0.4, 0.5) is 5.69 Å². The van der Waals surface area contributed by atoms with E-state index in [0.717, 1.165) is 11.6 Å². The zero-order valence-electron chi connectivity index (χ0n) is 11.4. The Kier molecular flexibility index (Phi) is 4.46. The highest BCUT2D eigenvalue weighted by atomic mass is 16.4. The predicted molar refractivity (Wildman–Crippen MR) is 80.0 cm³/mol. The molecule has 0 saturated carbocycles. The summed E-state index contributed by atoms with van der Waals surface area (Å²) in [6.07, 6.45) is 5.26. The average molecular weight is 282 g/mol. The highest BCUT2D eigenvalue weighted by Crippen LogP contribution is 2.14. The summed E-state index contributed by atoms with van der Waals surface area (Å²) >= 11 is 0. The number of carbonyl (C=O) groups is 2. The van der Waals surface area contributed by atoms with Gasteiger partial charge in [-0.25, -0.2) is 4.79 Å². The van der Waals surface area contributed by atoms with Crippen LogP contribution in [0.25, 0.3) is 6.08 Å². The number of benzene rings is 1. The summed E-state index contributed by atoms with van der Waals surface area (Å²) in [5, 5.41) is 11.4. The quantitative estimate of drug-likeness (QED) is 0.845. The number of rotatable bonds is 4. The van der Waals surface area contributed by atoms with Gasteiger partial charge in [0.15, 0.2) is 0 Å². The van der Waals surface area contributed by atoms with Gasteiger partial charge in [0.1, 0.15) is 0 Å². The van der Waals surface area contributed by atoms with Crippen LogP contribution in [0.5, 0.6) is 0 Å². The van der Waals surface area contributed by atoms with E-state index in [1.165, 1.54) is 18.5 Å². The number of nitrogens with zero attached hydrogens (tertiary/aromatic N) is 1. The maximum absolute atomic E-state index is 12.3. The van der Waals surface area contributed by atoms with Crippen LogP contribution in [-0.2, 0) is 4.79 Å². The fourth-order valence-electron chi connectivity index (χ4n) is 1.83. The van der Waals surface area contributed by atoms with Crippen molar-refractivity contribution < 1.29 is 14.7 Å². The summed E-state index contributed by atoms with van der Waals surface area (Å²) in [4.78, 5) is 26.7. The molecule has 21 heavy (non-hydrogen) atoms. The Labute approximate surface area is 122 Å². The zero-order chi connectivity index (χ0) is 15.2. The Bertz CT molecular complexity index is 708. The number of pyridine rings is 1. The van der Waals surface area contributed by atoms with E-state index in [1.807, 2.05) is 25.1 Å². The van der Waals surface area contributed by atoms with Crippen molar-refractivity contribution in [1.29, 1.82) is 0 Å². The molecule has 2 rings (SSSR count). The molecule has 0 atom stereocenters. The number of nitrogens with one attached hydrogen (secondary N) is 1. The van der Waals surface area contributed by atoms with E-state index < -0.39 is 5.97 Å². The van der Waals surface area contributed by atoms with E-state index >= 15 is 0 Å². The highest BCUT2D eigenvalue weighted by molar-refractivity contribution is 6.07. The zero-order valence-corrected chi connectivity index (χ0v) is 11.4. The molecule has 0 bridgehead atoms. The van der Waals surface area contributed by atoms with E-state index in [4.69, 9.17) is 5.11 Å². The van der Waals surface area contributed by atoms with Crippen LogP contribution in [0, 0.1) is 6.92 Å². The van der Waals surface area contributed by atoms with Crippen LogP contribution in [-0.4, -0.2) is 22.0 Å². The molecule has 1 heterocycles. The van der Waals surface area contributed by atoms with Gasteiger partial charge in [0.2, 0.25) is 0 Å². The molecule has 5 nitrogen and oxygen atoms in total. The third-order valence-corrected chi connectivity index (χ3v) is 2.78. The molecule has 1 aromatic heterocycles. The normalized spacial score (nSPS) is 10.5. The standard InChI is InChI=1S/C16H14N2O3/c1-11-3-2-4-13(9-11)18-16(21)14-7-8-17-10-12(14)5-6-15(19)20/h2-10H,1H3,(H,18,21)(H,19,20). The number of carboxylic acid groups (broad SMARTS) is 1. The first-order valence-electron chi connectivity index (χ1n) is 6.29. The van der Waals surface area contributed by atoms with Gasteiger partial charge in [0, 0.05) is 35.3 Å². The Morgan fingerprint density at radius 1 is 1.29 bits per heavy atom. The summed E-state index contributed by atoms with van der Waals surface area (Å²) < 4.78 is 0. The number of carbonyl (C=O) groups excluding carboxylic acids is 1. The third kappa shape index (κ3) is 4.01. The fraction of sp³-hybridized carbons (Fsp3) is 0.0625. The molecule has 5 heteroatoms. The molecule has 106 valence electrons. The second kappa shape index (κ2) is 6.47. The molecule has 1 aromatic carbocycles. The second-order valence-corrected chi connectivity index (χ2v) is 4.46. The fourth-order valence-corrected chi connectivity index (χ4v) is 1.83. The van der Waals surface area contributed by atoms with E-state index in [-0.39, 0.29) is 5.91 Å². The molecule has 2 aromatic rings. The van der Waals surface area contributed by atoms with Crippen molar-refractivity contribution in [3.8, 4) is 0 Å². The molecular weight excluding hydrogens is 268 g/mol. The molecule has 0 aliphatic rings. The number of aryl methyl sites for hydroxylation is 1. The van der Waals surface area contributed by atoms with Crippen molar-refractivity contribution in [1.82, 2.24) is 4.98 Å². The van der Waals surface area contributed by atoms with E-state index in [1.54, 1.807) is 12.1 Å². The lowest BCUT2D eigenvalue weighted by atomic mass is 10.1. The van der Waals surface area contributed by atoms with Gasteiger partial charge in [0.05, 0.1) is 0 Å². The predicted octanol–water partition coefficient (Wildman–Crippen LogP) is 2.74. The number of anilines is 1. The number of aromatic nitrogens is 1.